The molecule has 1 aromatic carbocycles. The number of piperidine rings is 1. The first-order chi connectivity index (χ1) is 12.1. The van der Waals surface area contributed by atoms with E-state index in [9.17, 15) is 4.79 Å². The Bertz CT molecular complexity index is 660. The van der Waals surface area contributed by atoms with Gasteiger partial charge >= 0.3 is 0 Å². The molecule has 7 nitrogen and oxygen atoms in total. The van der Waals surface area contributed by atoms with Crippen LogP contribution in [0.3, 0.4) is 0 Å². The lowest BCUT2D eigenvalue weighted by Crippen LogP contribution is -2.49. The van der Waals surface area contributed by atoms with E-state index in [0.717, 1.165) is 25.7 Å². The Morgan fingerprint density at radius 1 is 1.36 bits per heavy atom. The van der Waals surface area contributed by atoms with Crippen molar-refractivity contribution in [3.63, 3.8) is 0 Å². The Morgan fingerprint density at radius 2 is 2.24 bits per heavy atom. The Balaban J connectivity index is 1.62. The van der Waals surface area contributed by atoms with Crippen molar-refractivity contribution in [1.29, 1.82) is 5.41 Å². The van der Waals surface area contributed by atoms with Gasteiger partial charge in [-0.2, -0.15) is 0 Å². The number of carbonyl (C=O) groups is 1. The van der Waals surface area contributed by atoms with Crippen LogP contribution in [0.25, 0.3) is 0 Å². The number of hydrogen-bond donors (Lipinski definition) is 2. The summed E-state index contributed by atoms with van der Waals surface area (Å²) in [4.78, 5) is 14.5. The number of nitrogens with zero attached hydrogens (tertiary/aromatic N) is 3. The summed E-state index contributed by atoms with van der Waals surface area (Å²) in [5.74, 6) is 0.0846. The van der Waals surface area contributed by atoms with E-state index in [1.807, 2.05) is 6.07 Å². The first-order valence-corrected chi connectivity index (χ1v) is 8.92. The molecule has 2 fully saturated rings. The van der Waals surface area contributed by atoms with E-state index in [2.05, 4.69) is 15.8 Å². The second-order valence-electron chi connectivity index (χ2n) is 6.31. The zero-order valence-corrected chi connectivity index (χ0v) is 14.7. The summed E-state index contributed by atoms with van der Waals surface area (Å²) in [5, 5.41) is 16.7. The van der Waals surface area contributed by atoms with Crippen LogP contribution in [0.2, 0.25) is 5.02 Å². The number of carbonyl (C=O) groups excluding carboxylic acids is 1. The van der Waals surface area contributed by atoms with Crippen LogP contribution in [0.15, 0.2) is 34.6 Å². The van der Waals surface area contributed by atoms with Gasteiger partial charge in [-0.05, 0) is 43.9 Å². The quantitative estimate of drug-likeness (QED) is 0.371. The average Bonchev–Trinajstić information content (AvgIpc) is 3.16. The van der Waals surface area contributed by atoms with Crippen molar-refractivity contribution in [2.45, 2.75) is 31.7 Å². The first-order valence-electron chi connectivity index (χ1n) is 8.54. The highest BCUT2D eigenvalue weighted by molar-refractivity contribution is 6.30. The largest absolute Gasteiger partial charge is 0.381 e. The first kappa shape index (κ1) is 17.8. The lowest BCUT2D eigenvalue weighted by Gasteiger charge is -2.35. The molecule has 25 heavy (non-hydrogen) atoms. The lowest BCUT2D eigenvalue weighted by atomic mass is 9.98. The molecule has 2 aliphatic heterocycles. The van der Waals surface area contributed by atoms with Crippen LogP contribution in [0.4, 0.5) is 5.69 Å². The van der Waals surface area contributed by atoms with Crippen LogP contribution in [-0.2, 0) is 9.53 Å². The average molecular weight is 364 g/mol. The molecule has 2 unspecified atom stereocenters. The Kier molecular flexibility index (Phi) is 5.99. The minimum Gasteiger partial charge on any atom is -0.381 e. The molecule has 0 aliphatic carbocycles. The molecule has 2 N–H and O–H groups in total. The van der Waals surface area contributed by atoms with Gasteiger partial charge in [0.1, 0.15) is 0 Å². The number of rotatable bonds is 4. The van der Waals surface area contributed by atoms with Gasteiger partial charge in [0.15, 0.2) is 5.84 Å². The van der Waals surface area contributed by atoms with Crippen molar-refractivity contribution < 1.29 is 9.53 Å². The second-order valence-corrected chi connectivity index (χ2v) is 6.75. The molecule has 0 bridgehead atoms. The number of benzene rings is 1. The van der Waals surface area contributed by atoms with Crippen molar-refractivity contribution in [1.82, 2.24) is 4.90 Å². The molecule has 3 rings (SSSR count). The topological polar surface area (TPSA) is 90.1 Å². The monoisotopic (exact) mass is 363 g/mol. The van der Waals surface area contributed by atoms with Crippen LogP contribution in [0.1, 0.15) is 25.7 Å². The summed E-state index contributed by atoms with van der Waals surface area (Å²) < 4.78 is 5.32. The van der Waals surface area contributed by atoms with Gasteiger partial charge in [0.05, 0.1) is 24.3 Å². The number of hydrogen-bond acceptors (Lipinski definition) is 4. The second kappa shape index (κ2) is 8.40. The summed E-state index contributed by atoms with van der Waals surface area (Å²) in [5.41, 5.74) is 3.46. The number of halogens is 1. The number of anilines is 1. The third-order valence-electron chi connectivity index (χ3n) is 4.54. The molecule has 0 spiro atoms. The molecule has 2 aliphatic rings. The minimum atomic E-state index is -0.313. The predicted molar refractivity (Wildman–Crippen MR) is 95.9 cm³/mol. The molecular formula is C17H22ClN5O2. The smallest absolute Gasteiger partial charge is 0.228 e. The molecule has 0 radical (unpaired) electrons. The Labute approximate surface area is 151 Å². The van der Waals surface area contributed by atoms with E-state index >= 15 is 0 Å². The van der Waals surface area contributed by atoms with E-state index in [-0.39, 0.29) is 23.7 Å². The van der Waals surface area contributed by atoms with Gasteiger partial charge in [0.2, 0.25) is 5.91 Å². The van der Waals surface area contributed by atoms with Crippen molar-refractivity contribution in [3.05, 3.63) is 29.3 Å². The van der Waals surface area contributed by atoms with Gasteiger partial charge < -0.3 is 9.64 Å². The maximum Gasteiger partial charge on any atom is 0.228 e. The molecule has 1 amide bonds. The van der Waals surface area contributed by atoms with Gasteiger partial charge in [0.25, 0.3) is 0 Å². The van der Waals surface area contributed by atoms with E-state index < -0.39 is 0 Å². The maximum atomic E-state index is 12.7. The van der Waals surface area contributed by atoms with Gasteiger partial charge in [-0.15, -0.1) is 5.11 Å². The zero-order chi connectivity index (χ0) is 17.6. The third kappa shape index (κ3) is 4.55. The van der Waals surface area contributed by atoms with E-state index in [4.69, 9.17) is 21.7 Å². The Hall–Kier alpha value is -1.99. The summed E-state index contributed by atoms with van der Waals surface area (Å²) >= 11 is 5.92. The highest BCUT2D eigenvalue weighted by Crippen LogP contribution is 2.24. The summed E-state index contributed by atoms with van der Waals surface area (Å²) in [6.07, 6.45) is 3.44. The number of amides is 1. The molecule has 0 saturated carbocycles. The summed E-state index contributed by atoms with van der Waals surface area (Å²) in [7, 11) is 0. The molecular weight excluding hydrogens is 342 g/mol. The molecule has 8 heteroatoms. The van der Waals surface area contributed by atoms with Gasteiger partial charge in [-0.25, -0.2) is 0 Å². The van der Waals surface area contributed by atoms with Crippen LogP contribution in [0, 0.1) is 11.3 Å². The van der Waals surface area contributed by atoms with Crippen molar-refractivity contribution >= 4 is 29.0 Å². The molecule has 2 atom stereocenters. The molecule has 0 aromatic heterocycles. The normalized spacial score (nSPS) is 23.8. The Morgan fingerprint density at radius 3 is 3.00 bits per heavy atom. The summed E-state index contributed by atoms with van der Waals surface area (Å²) in [6, 6.07) is 6.79. The van der Waals surface area contributed by atoms with Crippen LogP contribution < -0.4 is 5.43 Å². The third-order valence-corrected chi connectivity index (χ3v) is 4.78. The fourth-order valence-corrected chi connectivity index (χ4v) is 3.39. The van der Waals surface area contributed by atoms with Crippen LogP contribution in [0.5, 0.6) is 0 Å². The van der Waals surface area contributed by atoms with Gasteiger partial charge in [0, 0.05) is 18.2 Å². The molecule has 2 saturated heterocycles. The number of likely N-dealkylation sites (tertiary alicyclic amines) is 1. The number of nitrogens with one attached hydrogen (secondary N) is 2. The van der Waals surface area contributed by atoms with E-state index in [1.54, 1.807) is 23.1 Å². The fourth-order valence-electron chi connectivity index (χ4n) is 3.20. The minimum absolute atomic E-state index is 0.0740. The number of ether oxygens (including phenoxy) is 1. The van der Waals surface area contributed by atoms with Crippen molar-refractivity contribution in [3.8, 4) is 0 Å². The lowest BCUT2D eigenvalue weighted by molar-refractivity contribution is -0.137. The molecule has 1 aromatic rings. The van der Waals surface area contributed by atoms with Crippen molar-refractivity contribution in [2.75, 3.05) is 25.2 Å². The van der Waals surface area contributed by atoms with E-state index in [1.165, 1.54) is 0 Å². The molecule has 2 heterocycles. The number of amidine groups is 1. The van der Waals surface area contributed by atoms with Crippen LogP contribution >= 0.6 is 11.6 Å². The highest BCUT2D eigenvalue weighted by atomic mass is 35.5. The zero-order valence-electron chi connectivity index (χ0n) is 13.9. The highest BCUT2D eigenvalue weighted by Gasteiger charge is 2.35. The standard InChI is InChI=1S/C17H22ClN5O2/c18-13-4-3-5-14(10-13)20-22-21-16(19)15-6-1-2-8-23(15)17(24)12-7-9-25-11-12/h3-5,10,12,15H,1-2,6-9,11H2,(H2,19,20,21). The SMILES string of the molecule is N=C(/N=N\Nc1cccc(Cl)c1)C1CCCCN1C(=O)C1CCOC1. The van der Waals surface area contributed by atoms with Crippen molar-refractivity contribution in [2.24, 2.45) is 16.3 Å². The van der Waals surface area contributed by atoms with E-state index in [0.29, 0.717) is 30.5 Å². The maximum absolute atomic E-state index is 12.7. The van der Waals surface area contributed by atoms with Gasteiger partial charge in [-0.3, -0.25) is 15.6 Å². The van der Waals surface area contributed by atoms with Gasteiger partial charge in [-0.1, -0.05) is 22.9 Å². The van der Waals surface area contributed by atoms with Crippen LogP contribution in [-0.4, -0.2) is 42.4 Å². The molecule has 134 valence electrons. The summed E-state index contributed by atoms with van der Waals surface area (Å²) in [6.45, 7) is 1.78. The fraction of sp³-hybridized carbons (Fsp3) is 0.529. The predicted octanol–water partition coefficient (Wildman–Crippen LogP) is 3.51.